The summed E-state index contributed by atoms with van der Waals surface area (Å²) in [6.45, 7) is 1.74. The van der Waals surface area contributed by atoms with Crippen molar-refractivity contribution in [3.8, 4) is 0 Å². The third-order valence-corrected chi connectivity index (χ3v) is 3.52. The largest absolute Gasteiger partial charge is 0.418 e. The molecule has 1 aliphatic rings. The van der Waals surface area contributed by atoms with Crippen LogP contribution in [0.2, 0.25) is 0 Å². The van der Waals surface area contributed by atoms with Crippen LogP contribution in [0.1, 0.15) is 25.6 Å². The van der Waals surface area contributed by atoms with Gasteiger partial charge in [-0.05, 0) is 6.42 Å². The maximum atomic E-state index is 13.0. The lowest BCUT2D eigenvalue weighted by Gasteiger charge is -2.36. The van der Waals surface area contributed by atoms with Gasteiger partial charge in [0, 0.05) is 19.6 Å². The van der Waals surface area contributed by atoms with Crippen molar-refractivity contribution in [2.75, 3.05) is 13.1 Å². The normalized spacial score (nSPS) is 19.6. The number of alkyl halides is 3. The maximum Gasteiger partial charge on any atom is 0.418 e. The van der Waals surface area contributed by atoms with Gasteiger partial charge in [0.15, 0.2) is 5.60 Å². The number of nitrogens with one attached hydrogen (secondary N) is 1. The summed E-state index contributed by atoms with van der Waals surface area (Å²) in [5.41, 5.74) is -3.08. The Labute approximate surface area is 113 Å². The molecule has 0 fully saturated rings. The molecule has 2 N–H and O–H groups in total. The molecule has 114 valence electrons. The lowest BCUT2D eigenvalue weighted by atomic mass is 9.96. The van der Waals surface area contributed by atoms with Gasteiger partial charge in [-0.15, -0.1) is 0 Å². The van der Waals surface area contributed by atoms with Gasteiger partial charge in [-0.3, -0.25) is 9.47 Å². The Morgan fingerprint density at radius 3 is 2.70 bits per heavy atom. The summed E-state index contributed by atoms with van der Waals surface area (Å²) in [7, 11) is 0. The minimum atomic E-state index is -4.67. The number of fused-ring (bicyclic) bond motifs is 1. The predicted octanol–water partition coefficient (Wildman–Crippen LogP) is 0.480. The summed E-state index contributed by atoms with van der Waals surface area (Å²) in [6, 6.07) is 0. The van der Waals surface area contributed by atoms with Crippen molar-refractivity contribution in [2.45, 2.75) is 44.6 Å². The molecule has 1 aromatic rings. The Hall–Kier alpha value is -1.35. The molecule has 0 saturated heterocycles. The second-order valence-corrected chi connectivity index (χ2v) is 5.09. The summed E-state index contributed by atoms with van der Waals surface area (Å²) in [6.07, 6.45) is -4.79. The fourth-order valence-corrected chi connectivity index (χ4v) is 2.45. The molecule has 0 aliphatic carbocycles. The highest BCUT2D eigenvalue weighted by Gasteiger charge is 2.53. The number of hydrogen-bond donors (Lipinski definition) is 2. The molecule has 2 rings (SSSR count). The number of rotatable bonds is 4. The second kappa shape index (κ2) is 5.21. The van der Waals surface area contributed by atoms with Crippen LogP contribution >= 0.6 is 0 Å². The van der Waals surface area contributed by atoms with Crippen LogP contribution < -0.4 is 5.69 Å². The first kappa shape index (κ1) is 15.0. The Kier molecular flexibility index (Phi) is 3.92. The van der Waals surface area contributed by atoms with Crippen molar-refractivity contribution in [3.63, 3.8) is 0 Å². The zero-order valence-corrected chi connectivity index (χ0v) is 11.1. The molecule has 0 radical (unpaired) electrons. The summed E-state index contributed by atoms with van der Waals surface area (Å²) in [4.78, 5) is 12.8. The highest BCUT2D eigenvalue weighted by atomic mass is 19.4. The molecule has 0 aromatic carbocycles. The van der Waals surface area contributed by atoms with E-state index in [0.29, 0.717) is 5.82 Å². The fraction of sp³-hybridized carbons (Fsp3) is 0.818. The minimum Gasteiger partial charge on any atom is -0.379 e. The van der Waals surface area contributed by atoms with Gasteiger partial charge in [0.1, 0.15) is 5.82 Å². The van der Waals surface area contributed by atoms with Crippen molar-refractivity contribution in [3.05, 3.63) is 16.3 Å². The van der Waals surface area contributed by atoms with Crippen LogP contribution in [0.3, 0.4) is 0 Å². The van der Waals surface area contributed by atoms with Crippen LogP contribution in [-0.4, -0.2) is 49.6 Å². The molecule has 20 heavy (non-hydrogen) atoms. The molecule has 0 saturated carbocycles. The van der Waals surface area contributed by atoms with Gasteiger partial charge in [0.2, 0.25) is 0 Å². The standard InChI is InChI=1S/C11H17F3N4O2/c1-2-3-10(20,11(12,13)14)7-17-4-5-18-8(6-17)15-16-9(18)19/h20H,2-7H2,1H3,(H,16,19). The molecule has 2 heterocycles. The SMILES string of the molecule is CCCC(O)(CN1CCn2c(n[nH]c2=O)C1)C(F)(F)F. The first-order valence-electron chi connectivity index (χ1n) is 6.42. The summed E-state index contributed by atoms with van der Waals surface area (Å²) in [5.74, 6) is 0.391. The van der Waals surface area contributed by atoms with Crippen molar-refractivity contribution in [1.29, 1.82) is 0 Å². The van der Waals surface area contributed by atoms with Gasteiger partial charge in [0.25, 0.3) is 0 Å². The van der Waals surface area contributed by atoms with Crippen molar-refractivity contribution in [1.82, 2.24) is 19.7 Å². The van der Waals surface area contributed by atoms with Crippen molar-refractivity contribution < 1.29 is 18.3 Å². The van der Waals surface area contributed by atoms with E-state index in [9.17, 15) is 23.1 Å². The zero-order valence-electron chi connectivity index (χ0n) is 11.1. The quantitative estimate of drug-likeness (QED) is 0.847. The lowest BCUT2D eigenvalue weighted by Crippen LogP contribution is -2.54. The van der Waals surface area contributed by atoms with Crippen LogP contribution in [-0.2, 0) is 13.1 Å². The fourth-order valence-electron chi connectivity index (χ4n) is 2.45. The Morgan fingerprint density at radius 1 is 1.40 bits per heavy atom. The van der Waals surface area contributed by atoms with E-state index in [1.165, 1.54) is 9.47 Å². The maximum absolute atomic E-state index is 13.0. The van der Waals surface area contributed by atoms with E-state index >= 15 is 0 Å². The lowest BCUT2D eigenvalue weighted by molar-refractivity contribution is -0.268. The van der Waals surface area contributed by atoms with E-state index in [2.05, 4.69) is 10.2 Å². The molecular weight excluding hydrogens is 277 g/mol. The second-order valence-electron chi connectivity index (χ2n) is 5.09. The number of aromatic nitrogens is 3. The number of halogens is 3. The Balaban J connectivity index is 2.12. The van der Waals surface area contributed by atoms with Crippen LogP contribution in [0, 0.1) is 0 Å². The predicted molar refractivity (Wildman–Crippen MR) is 64.0 cm³/mol. The minimum absolute atomic E-state index is 0.112. The highest BCUT2D eigenvalue weighted by Crippen LogP contribution is 2.35. The third kappa shape index (κ3) is 2.73. The number of aliphatic hydroxyl groups is 1. The van der Waals surface area contributed by atoms with E-state index in [1.807, 2.05) is 0 Å². The number of aromatic amines is 1. The first-order valence-corrected chi connectivity index (χ1v) is 6.42. The monoisotopic (exact) mass is 294 g/mol. The van der Waals surface area contributed by atoms with E-state index < -0.39 is 18.3 Å². The molecular formula is C11H17F3N4O2. The molecule has 0 spiro atoms. The zero-order chi connectivity index (χ0) is 15.0. The summed E-state index contributed by atoms with van der Waals surface area (Å²) in [5, 5.41) is 15.9. The molecule has 6 nitrogen and oxygen atoms in total. The van der Waals surface area contributed by atoms with E-state index in [4.69, 9.17) is 0 Å². The number of β-amino-alcohol motifs (C(OH)–C–C–N with tert-alkyl or cyclic N) is 1. The molecule has 0 bridgehead atoms. The molecule has 0 amide bonds. The average Bonchev–Trinajstić information content (AvgIpc) is 2.69. The molecule has 1 unspecified atom stereocenters. The average molecular weight is 294 g/mol. The van der Waals surface area contributed by atoms with Gasteiger partial charge < -0.3 is 5.11 Å². The van der Waals surface area contributed by atoms with Crippen LogP contribution in [0.15, 0.2) is 4.79 Å². The van der Waals surface area contributed by atoms with Gasteiger partial charge in [-0.25, -0.2) is 9.89 Å². The first-order chi connectivity index (χ1) is 9.27. The van der Waals surface area contributed by atoms with Crippen LogP contribution in [0.25, 0.3) is 0 Å². The number of H-pyrrole nitrogens is 1. The smallest absolute Gasteiger partial charge is 0.379 e. The topological polar surface area (TPSA) is 74.2 Å². The summed E-state index contributed by atoms with van der Waals surface area (Å²) >= 11 is 0. The molecule has 1 aromatic heterocycles. The Bertz CT molecular complexity index is 524. The third-order valence-electron chi connectivity index (χ3n) is 3.52. The van der Waals surface area contributed by atoms with Gasteiger partial charge in [-0.1, -0.05) is 13.3 Å². The molecule has 1 atom stereocenters. The van der Waals surface area contributed by atoms with Crippen molar-refractivity contribution >= 4 is 0 Å². The van der Waals surface area contributed by atoms with Crippen molar-refractivity contribution in [2.24, 2.45) is 0 Å². The summed E-state index contributed by atoms with van der Waals surface area (Å²) < 4.78 is 40.4. The van der Waals surface area contributed by atoms with E-state index in [1.54, 1.807) is 6.92 Å². The molecule has 1 aliphatic heterocycles. The van der Waals surface area contributed by atoms with Gasteiger partial charge >= 0.3 is 11.9 Å². The van der Waals surface area contributed by atoms with E-state index in [-0.39, 0.29) is 38.2 Å². The number of hydrogen-bond acceptors (Lipinski definition) is 4. The van der Waals surface area contributed by atoms with Gasteiger partial charge in [-0.2, -0.15) is 18.3 Å². The Morgan fingerprint density at radius 2 is 2.10 bits per heavy atom. The van der Waals surface area contributed by atoms with Crippen LogP contribution in [0.4, 0.5) is 13.2 Å². The number of nitrogens with zero attached hydrogens (tertiary/aromatic N) is 3. The highest BCUT2D eigenvalue weighted by molar-refractivity contribution is 4.95. The molecule has 9 heteroatoms. The van der Waals surface area contributed by atoms with Crippen LogP contribution in [0.5, 0.6) is 0 Å². The van der Waals surface area contributed by atoms with E-state index in [0.717, 1.165) is 0 Å². The van der Waals surface area contributed by atoms with Gasteiger partial charge in [0.05, 0.1) is 6.54 Å².